The number of carboxylic acid groups (broad SMARTS) is 1. The number of likely N-dealkylation sites (tertiary alicyclic amines) is 1. The van der Waals surface area contributed by atoms with Gasteiger partial charge in [-0.25, -0.2) is 4.79 Å². The van der Waals surface area contributed by atoms with Crippen LogP contribution < -0.4 is 5.32 Å². The molecule has 3 N–H and O–H groups in total. The molecule has 0 spiro atoms. The molecule has 1 saturated heterocycles. The van der Waals surface area contributed by atoms with Crippen LogP contribution in [0.25, 0.3) is 0 Å². The van der Waals surface area contributed by atoms with E-state index in [2.05, 4.69) is 5.32 Å². The third kappa shape index (κ3) is 5.36. The predicted molar refractivity (Wildman–Crippen MR) is 75.5 cm³/mol. The highest BCUT2D eigenvalue weighted by molar-refractivity contribution is 5.76. The minimum atomic E-state index is -0.892. The summed E-state index contributed by atoms with van der Waals surface area (Å²) in [5.74, 6) is -0.638. The van der Waals surface area contributed by atoms with E-state index in [1.165, 1.54) is 0 Å². The summed E-state index contributed by atoms with van der Waals surface area (Å²) < 4.78 is 0. The van der Waals surface area contributed by atoms with E-state index in [0.29, 0.717) is 19.5 Å². The summed E-state index contributed by atoms with van der Waals surface area (Å²) in [5, 5.41) is 21.2. The first kappa shape index (κ1) is 16.8. The van der Waals surface area contributed by atoms with Crippen LogP contribution in [0.15, 0.2) is 0 Å². The number of aliphatic hydroxyl groups is 1. The lowest BCUT2D eigenvalue weighted by Gasteiger charge is -2.34. The van der Waals surface area contributed by atoms with Gasteiger partial charge >= 0.3 is 12.0 Å². The van der Waals surface area contributed by atoms with E-state index >= 15 is 0 Å². The molecule has 2 atom stereocenters. The predicted octanol–water partition coefficient (Wildman–Crippen LogP) is 1.43. The fraction of sp³-hybridized carbons (Fsp3) is 0.857. The molecule has 0 aromatic carbocycles. The van der Waals surface area contributed by atoms with Crippen molar-refractivity contribution in [2.75, 3.05) is 13.1 Å². The Kier molecular flexibility index (Phi) is 6.78. The highest BCUT2D eigenvalue weighted by atomic mass is 16.4. The minimum absolute atomic E-state index is 0.0380. The number of aliphatic carboxylic acids is 1. The van der Waals surface area contributed by atoms with Gasteiger partial charge in [-0.1, -0.05) is 13.3 Å². The van der Waals surface area contributed by atoms with Gasteiger partial charge in [0.1, 0.15) is 0 Å². The second kappa shape index (κ2) is 8.09. The van der Waals surface area contributed by atoms with Crippen LogP contribution in [0.1, 0.15) is 46.0 Å². The lowest BCUT2D eigenvalue weighted by molar-refractivity contribution is -0.137. The number of hydrogen-bond acceptors (Lipinski definition) is 3. The first-order chi connectivity index (χ1) is 9.43. The van der Waals surface area contributed by atoms with Crippen molar-refractivity contribution in [3.63, 3.8) is 0 Å². The molecule has 1 rings (SSSR count). The number of urea groups is 1. The summed E-state index contributed by atoms with van der Waals surface area (Å²) in [6.45, 7) is 4.99. The lowest BCUT2D eigenvalue weighted by atomic mass is 9.92. The molecule has 2 unspecified atom stereocenters. The van der Waals surface area contributed by atoms with Crippen molar-refractivity contribution in [2.45, 2.75) is 58.1 Å². The minimum Gasteiger partial charge on any atom is -0.481 e. The summed E-state index contributed by atoms with van der Waals surface area (Å²) in [7, 11) is 0. The fourth-order valence-electron chi connectivity index (χ4n) is 2.64. The summed E-state index contributed by atoms with van der Waals surface area (Å²) in [4.78, 5) is 24.6. The van der Waals surface area contributed by atoms with Gasteiger partial charge in [-0.15, -0.1) is 0 Å². The molecule has 116 valence electrons. The van der Waals surface area contributed by atoms with Gasteiger partial charge < -0.3 is 20.4 Å². The Morgan fingerprint density at radius 1 is 1.35 bits per heavy atom. The van der Waals surface area contributed by atoms with E-state index in [0.717, 1.165) is 19.3 Å². The van der Waals surface area contributed by atoms with Crippen molar-refractivity contribution in [1.82, 2.24) is 10.2 Å². The van der Waals surface area contributed by atoms with Gasteiger partial charge in [0.25, 0.3) is 0 Å². The molecule has 1 aliphatic heterocycles. The van der Waals surface area contributed by atoms with Crippen LogP contribution >= 0.6 is 0 Å². The fourth-order valence-corrected chi connectivity index (χ4v) is 2.64. The third-order valence-electron chi connectivity index (χ3n) is 3.89. The zero-order chi connectivity index (χ0) is 15.1. The number of aliphatic hydroxyl groups excluding tert-OH is 1. The van der Waals surface area contributed by atoms with Gasteiger partial charge in [-0.3, -0.25) is 4.79 Å². The average Bonchev–Trinajstić information content (AvgIpc) is 2.38. The Labute approximate surface area is 120 Å². The largest absolute Gasteiger partial charge is 0.481 e. The van der Waals surface area contributed by atoms with Crippen LogP contribution in [0, 0.1) is 5.92 Å². The van der Waals surface area contributed by atoms with Gasteiger partial charge in [0.05, 0.1) is 12.5 Å². The van der Waals surface area contributed by atoms with Gasteiger partial charge in [-0.2, -0.15) is 0 Å². The molecular weight excluding hydrogens is 260 g/mol. The number of rotatable bonds is 6. The van der Waals surface area contributed by atoms with Crippen LogP contribution in [0.4, 0.5) is 4.79 Å². The standard InChI is InChI=1S/C14H26N2O4/c1-3-4-12(9-13(18)19)15-14(20)16-7-5-11(6-8-16)10(2)17/h10-12,17H,3-9H2,1-2H3,(H,15,20)(H,18,19). The molecule has 0 saturated carbocycles. The Hall–Kier alpha value is -1.30. The molecule has 0 radical (unpaired) electrons. The number of carboxylic acids is 1. The molecule has 6 nitrogen and oxygen atoms in total. The first-order valence-corrected chi connectivity index (χ1v) is 7.39. The quantitative estimate of drug-likeness (QED) is 0.689. The topological polar surface area (TPSA) is 89.9 Å². The zero-order valence-electron chi connectivity index (χ0n) is 12.3. The SMILES string of the molecule is CCCC(CC(=O)O)NC(=O)N1CCC(C(C)O)CC1. The van der Waals surface area contributed by atoms with Crippen molar-refractivity contribution in [3.05, 3.63) is 0 Å². The Morgan fingerprint density at radius 2 is 1.95 bits per heavy atom. The van der Waals surface area contributed by atoms with Crippen molar-refractivity contribution in [3.8, 4) is 0 Å². The third-order valence-corrected chi connectivity index (χ3v) is 3.89. The molecule has 0 aromatic heterocycles. The van der Waals surface area contributed by atoms with Gasteiger partial charge in [0.15, 0.2) is 0 Å². The Bertz CT molecular complexity index is 325. The monoisotopic (exact) mass is 286 g/mol. The second-order valence-electron chi connectivity index (χ2n) is 5.60. The number of nitrogens with one attached hydrogen (secondary N) is 1. The molecule has 1 heterocycles. The number of amides is 2. The number of carbonyl (C=O) groups is 2. The van der Waals surface area contributed by atoms with Crippen LogP contribution in [0.5, 0.6) is 0 Å². The zero-order valence-corrected chi connectivity index (χ0v) is 12.3. The van der Waals surface area contributed by atoms with Gasteiger partial charge in [0.2, 0.25) is 0 Å². The van der Waals surface area contributed by atoms with Crippen molar-refractivity contribution in [2.24, 2.45) is 5.92 Å². The van der Waals surface area contributed by atoms with Crippen molar-refractivity contribution < 1.29 is 19.8 Å². The summed E-state index contributed by atoms with van der Waals surface area (Å²) >= 11 is 0. The van der Waals surface area contributed by atoms with Crippen LogP contribution in [-0.2, 0) is 4.79 Å². The summed E-state index contributed by atoms with van der Waals surface area (Å²) in [6.07, 6.45) is 2.72. The maximum Gasteiger partial charge on any atom is 0.317 e. The maximum absolute atomic E-state index is 12.1. The van der Waals surface area contributed by atoms with Crippen molar-refractivity contribution >= 4 is 12.0 Å². The summed E-state index contributed by atoms with van der Waals surface area (Å²) in [5.41, 5.74) is 0. The number of carbonyl (C=O) groups excluding carboxylic acids is 1. The smallest absolute Gasteiger partial charge is 0.317 e. The molecule has 0 aliphatic carbocycles. The molecule has 2 amide bonds. The van der Waals surface area contributed by atoms with E-state index < -0.39 is 5.97 Å². The number of piperidine rings is 1. The van der Waals surface area contributed by atoms with E-state index in [-0.39, 0.29) is 30.5 Å². The average molecular weight is 286 g/mol. The molecule has 20 heavy (non-hydrogen) atoms. The Balaban J connectivity index is 2.43. The molecule has 1 aliphatic rings. The van der Waals surface area contributed by atoms with E-state index in [9.17, 15) is 14.7 Å². The molecule has 6 heteroatoms. The van der Waals surface area contributed by atoms with Crippen LogP contribution in [0.3, 0.4) is 0 Å². The van der Waals surface area contributed by atoms with Crippen LogP contribution in [0.2, 0.25) is 0 Å². The first-order valence-electron chi connectivity index (χ1n) is 7.39. The maximum atomic E-state index is 12.1. The molecule has 0 aromatic rings. The number of hydrogen-bond donors (Lipinski definition) is 3. The highest BCUT2D eigenvalue weighted by Gasteiger charge is 2.26. The van der Waals surface area contributed by atoms with E-state index in [1.807, 2.05) is 6.92 Å². The van der Waals surface area contributed by atoms with E-state index in [1.54, 1.807) is 11.8 Å². The lowest BCUT2D eigenvalue weighted by Crippen LogP contribution is -2.49. The number of nitrogens with zero attached hydrogens (tertiary/aromatic N) is 1. The van der Waals surface area contributed by atoms with Crippen molar-refractivity contribution in [1.29, 1.82) is 0 Å². The Morgan fingerprint density at radius 3 is 2.40 bits per heavy atom. The highest BCUT2D eigenvalue weighted by Crippen LogP contribution is 2.20. The van der Waals surface area contributed by atoms with Gasteiger partial charge in [-0.05, 0) is 32.1 Å². The normalized spacial score (nSPS) is 19.4. The van der Waals surface area contributed by atoms with Gasteiger partial charge in [0, 0.05) is 19.1 Å². The molecule has 0 bridgehead atoms. The van der Waals surface area contributed by atoms with E-state index in [4.69, 9.17) is 5.11 Å². The molecular formula is C14H26N2O4. The molecule has 1 fully saturated rings. The van der Waals surface area contributed by atoms with Crippen LogP contribution in [-0.4, -0.2) is 52.3 Å². The second-order valence-corrected chi connectivity index (χ2v) is 5.60. The summed E-state index contributed by atoms with van der Waals surface area (Å²) in [6, 6.07) is -0.492.